The molecular weight excluding hydrogens is 271 g/mol. The molecule has 0 saturated carbocycles. The van der Waals surface area contributed by atoms with Crippen molar-refractivity contribution in [1.82, 2.24) is 4.48 Å². The van der Waals surface area contributed by atoms with Gasteiger partial charge in [-0.05, 0) is 48.2 Å². The summed E-state index contributed by atoms with van der Waals surface area (Å²) in [7, 11) is -2.60. The van der Waals surface area contributed by atoms with Crippen molar-refractivity contribution < 1.29 is 8.63 Å². The Kier molecular flexibility index (Phi) is 3.44. The van der Waals surface area contributed by atoms with Crippen LogP contribution in [-0.2, 0) is 0 Å². The maximum absolute atomic E-state index is 13.2. The lowest BCUT2D eigenvalue weighted by atomic mass is 9.98. The smallest absolute Gasteiger partial charge is 0.399 e. The van der Waals surface area contributed by atoms with Crippen molar-refractivity contribution in [2.75, 3.05) is 5.73 Å². The third-order valence-electron chi connectivity index (χ3n) is 3.25. The lowest BCUT2D eigenvalue weighted by molar-refractivity contribution is 0.628. The second-order valence-corrected chi connectivity index (χ2v) is 4.60. The molecule has 1 aromatic carbocycles. The maximum atomic E-state index is 13.2. The van der Waals surface area contributed by atoms with Crippen molar-refractivity contribution in [2.45, 2.75) is 0 Å². The highest BCUT2D eigenvalue weighted by atomic mass is 19.2. The Labute approximate surface area is 121 Å². The van der Waals surface area contributed by atoms with Crippen molar-refractivity contribution in [3.05, 3.63) is 71.7 Å². The third kappa shape index (κ3) is 2.52. The van der Waals surface area contributed by atoms with Gasteiger partial charge in [0.15, 0.2) is 0 Å². The van der Waals surface area contributed by atoms with Crippen LogP contribution in [0.1, 0.15) is 11.3 Å². The summed E-state index contributed by atoms with van der Waals surface area (Å²) in [5.74, 6) is 0. The van der Waals surface area contributed by atoms with Gasteiger partial charge in [0.2, 0.25) is 0 Å². The number of allylic oxidation sites excluding steroid dienone is 2. The molecule has 0 bridgehead atoms. The van der Waals surface area contributed by atoms with Crippen LogP contribution in [0.5, 0.6) is 0 Å². The number of aliphatic imine (C=N–C) groups is 1. The number of nitrogen functional groups attached to an aromatic ring is 1. The molecule has 0 atom stereocenters. The molecule has 6 heteroatoms. The SMILES string of the molecule is Nc1ccc(/C(=C2/C=CC=N2)c2cccn2B(F)F)cc1. The first-order valence-corrected chi connectivity index (χ1v) is 6.43. The quantitative estimate of drug-likeness (QED) is 0.682. The van der Waals surface area contributed by atoms with Crippen LogP contribution in [-0.4, -0.2) is 18.1 Å². The Morgan fingerprint density at radius 1 is 1.14 bits per heavy atom. The first-order chi connectivity index (χ1) is 10.2. The number of anilines is 1. The van der Waals surface area contributed by atoms with Crippen LogP contribution in [0.2, 0.25) is 0 Å². The molecule has 1 aromatic heterocycles. The molecular formula is C15H12BF2N3. The zero-order valence-corrected chi connectivity index (χ0v) is 11.1. The molecule has 3 nitrogen and oxygen atoms in total. The summed E-state index contributed by atoms with van der Waals surface area (Å²) in [6.45, 7) is 0. The molecule has 3 rings (SSSR count). The summed E-state index contributed by atoms with van der Waals surface area (Å²) in [6, 6.07) is 10.4. The standard InChI is InChI=1S/C15H12BF2N3/c17-16(18)21-10-2-4-14(21)15(13-3-1-9-20-13)11-5-7-12(19)8-6-11/h1-10H,19H2/b15-13+. The zero-order chi connectivity index (χ0) is 14.8. The molecule has 2 aromatic rings. The number of benzene rings is 1. The van der Waals surface area contributed by atoms with E-state index in [-0.39, 0.29) is 0 Å². The van der Waals surface area contributed by atoms with Crippen LogP contribution in [0.4, 0.5) is 14.3 Å². The minimum absolute atomic E-state index is 0.425. The second kappa shape index (κ2) is 5.40. The number of hydrogen-bond donors (Lipinski definition) is 1. The second-order valence-electron chi connectivity index (χ2n) is 4.60. The van der Waals surface area contributed by atoms with Crippen LogP contribution in [0.25, 0.3) is 5.57 Å². The molecule has 0 saturated heterocycles. The minimum atomic E-state index is -2.60. The van der Waals surface area contributed by atoms with Crippen LogP contribution < -0.4 is 5.73 Å². The molecule has 0 fully saturated rings. The average Bonchev–Trinajstić information content (AvgIpc) is 3.13. The Morgan fingerprint density at radius 3 is 2.52 bits per heavy atom. The molecule has 0 aliphatic carbocycles. The molecule has 104 valence electrons. The van der Waals surface area contributed by atoms with E-state index >= 15 is 0 Å². The van der Waals surface area contributed by atoms with E-state index in [1.807, 2.05) is 12.1 Å². The Morgan fingerprint density at radius 2 is 1.90 bits per heavy atom. The van der Waals surface area contributed by atoms with Crippen molar-refractivity contribution in [2.24, 2.45) is 4.99 Å². The lowest BCUT2D eigenvalue weighted by Crippen LogP contribution is -2.15. The Bertz CT molecular complexity index is 729. The fourth-order valence-corrected chi connectivity index (χ4v) is 2.30. The van der Waals surface area contributed by atoms with E-state index < -0.39 is 7.40 Å². The van der Waals surface area contributed by atoms with Gasteiger partial charge in [0.25, 0.3) is 0 Å². The molecule has 21 heavy (non-hydrogen) atoms. The molecule has 0 amide bonds. The summed E-state index contributed by atoms with van der Waals surface area (Å²) in [5.41, 5.74) is 8.85. The van der Waals surface area contributed by atoms with E-state index in [0.29, 0.717) is 22.7 Å². The van der Waals surface area contributed by atoms with E-state index in [2.05, 4.69) is 4.99 Å². The molecule has 2 N–H and O–H groups in total. The number of rotatable bonds is 3. The van der Waals surface area contributed by atoms with Crippen molar-refractivity contribution >= 4 is 24.9 Å². The fourth-order valence-electron chi connectivity index (χ4n) is 2.30. The number of aromatic nitrogens is 1. The summed E-state index contributed by atoms with van der Waals surface area (Å²) < 4.78 is 27.2. The average molecular weight is 283 g/mol. The Hall–Kier alpha value is -2.63. The van der Waals surface area contributed by atoms with Crippen LogP contribution >= 0.6 is 0 Å². The number of hydrogen-bond acceptors (Lipinski definition) is 2. The highest BCUT2D eigenvalue weighted by molar-refractivity contribution is 6.41. The largest absolute Gasteiger partial charge is 0.677 e. The summed E-state index contributed by atoms with van der Waals surface area (Å²) in [4.78, 5) is 4.25. The highest BCUT2D eigenvalue weighted by Crippen LogP contribution is 2.30. The minimum Gasteiger partial charge on any atom is -0.399 e. The van der Waals surface area contributed by atoms with Crippen LogP contribution in [0, 0.1) is 0 Å². The zero-order valence-electron chi connectivity index (χ0n) is 11.1. The van der Waals surface area contributed by atoms with Gasteiger partial charge in [-0.2, -0.15) is 0 Å². The van der Waals surface area contributed by atoms with Gasteiger partial charge in [0, 0.05) is 23.2 Å². The molecule has 2 heterocycles. The summed E-state index contributed by atoms with van der Waals surface area (Å²) >= 11 is 0. The number of nitrogens with zero attached hydrogens (tertiary/aromatic N) is 2. The molecule has 1 aliphatic rings. The van der Waals surface area contributed by atoms with Gasteiger partial charge < -0.3 is 10.2 Å². The van der Waals surface area contributed by atoms with Crippen LogP contribution in [0.15, 0.2) is 65.4 Å². The van der Waals surface area contributed by atoms with E-state index in [0.717, 1.165) is 10.0 Å². The van der Waals surface area contributed by atoms with Gasteiger partial charge in [0.05, 0.1) is 5.70 Å². The van der Waals surface area contributed by atoms with Crippen molar-refractivity contribution in [3.8, 4) is 0 Å². The van der Waals surface area contributed by atoms with E-state index in [1.165, 1.54) is 6.20 Å². The number of halogens is 2. The van der Waals surface area contributed by atoms with E-state index in [1.54, 1.807) is 42.6 Å². The highest BCUT2D eigenvalue weighted by Gasteiger charge is 2.23. The predicted molar refractivity (Wildman–Crippen MR) is 82.3 cm³/mol. The van der Waals surface area contributed by atoms with Gasteiger partial charge in [-0.1, -0.05) is 12.1 Å². The molecule has 0 unspecified atom stereocenters. The first-order valence-electron chi connectivity index (χ1n) is 6.43. The summed E-state index contributed by atoms with van der Waals surface area (Å²) in [6.07, 6.45) is 6.58. The monoisotopic (exact) mass is 283 g/mol. The van der Waals surface area contributed by atoms with Crippen molar-refractivity contribution in [3.63, 3.8) is 0 Å². The normalized spacial score (nSPS) is 15.5. The fraction of sp³-hybridized carbons (Fsp3) is 0. The van der Waals surface area contributed by atoms with Gasteiger partial charge in [0.1, 0.15) is 0 Å². The van der Waals surface area contributed by atoms with Gasteiger partial charge in [-0.25, -0.2) is 0 Å². The van der Waals surface area contributed by atoms with E-state index in [4.69, 9.17) is 5.73 Å². The lowest BCUT2D eigenvalue weighted by Gasteiger charge is -2.13. The number of nitrogens with two attached hydrogens (primary N) is 1. The van der Waals surface area contributed by atoms with Gasteiger partial charge >= 0.3 is 7.40 Å². The topological polar surface area (TPSA) is 43.3 Å². The summed E-state index contributed by atoms with van der Waals surface area (Å²) in [5, 5.41) is 0. The molecule has 1 aliphatic heterocycles. The maximum Gasteiger partial charge on any atom is 0.677 e. The molecule has 0 radical (unpaired) electrons. The Balaban J connectivity index is 2.21. The first kappa shape index (κ1) is 13.4. The van der Waals surface area contributed by atoms with Gasteiger partial charge in [-0.15, -0.1) is 0 Å². The van der Waals surface area contributed by atoms with Gasteiger partial charge in [-0.3, -0.25) is 13.6 Å². The van der Waals surface area contributed by atoms with Crippen LogP contribution in [0.3, 0.4) is 0 Å². The third-order valence-corrected chi connectivity index (χ3v) is 3.25. The van der Waals surface area contributed by atoms with Crippen molar-refractivity contribution in [1.29, 1.82) is 0 Å². The van der Waals surface area contributed by atoms with E-state index in [9.17, 15) is 8.63 Å². The predicted octanol–water partition coefficient (Wildman–Crippen LogP) is 3.24. The molecule has 0 spiro atoms.